The van der Waals surface area contributed by atoms with Crippen LogP contribution in [0.15, 0.2) is 36.4 Å². The van der Waals surface area contributed by atoms with Crippen LogP contribution in [0.4, 0.5) is 23.7 Å². The molecule has 0 spiro atoms. The van der Waals surface area contributed by atoms with Crippen molar-refractivity contribution in [3.63, 3.8) is 0 Å². The molecular weight excluding hydrogens is 451 g/mol. The minimum absolute atomic E-state index is 0.351. The fraction of sp³-hybridized carbons (Fsp3) is 0.480. The molecule has 0 radical (unpaired) electrons. The number of halogens is 3. The maximum atomic E-state index is 12.2. The summed E-state index contributed by atoms with van der Waals surface area (Å²) in [5, 5.41) is 13.8. The van der Waals surface area contributed by atoms with E-state index >= 15 is 0 Å². The highest BCUT2D eigenvalue weighted by molar-refractivity contribution is 5.86. The van der Waals surface area contributed by atoms with E-state index in [-0.39, 0.29) is 0 Å². The van der Waals surface area contributed by atoms with Gasteiger partial charge in [0.25, 0.3) is 0 Å². The first-order valence-corrected chi connectivity index (χ1v) is 10.8. The van der Waals surface area contributed by atoms with Crippen LogP contribution in [0.3, 0.4) is 0 Å². The van der Waals surface area contributed by atoms with Gasteiger partial charge in [0.1, 0.15) is 11.7 Å². The van der Waals surface area contributed by atoms with Gasteiger partial charge >= 0.3 is 12.3 Å². The molecule has 0 saturated heterocycles. The van der Waals surface area contributed by atoms with Crippen molar-refractivity contribution in [2.24, 2.45) is 5.92 Å². The number of aliphatic hydroxyl groups is 1. The molecule has 188 valence electrons. The molecule has 1 atom stereocenters. The van der Waals surface area contributed by atoms with Crippen molar-refractivity contribution in [3.05, 3.63) is 53.1 Å². The number of rotatable bonds is 5. The Morgan fingerprint density at radius 1 is 1.06 bits per heavy atom. The van der Waals surface area contributed by atoms with Gasteiger partial charge in [-0.25, -0.2) is 4.79 Å². The van der Waals surface area contributed by atoms with E-state index in [1.165, 1.54) is 14.2 Å². The van der Waals surface area contributed by atoms with Gasteiger partial charge in [-0.3, -0.25) is 5.32 Å². The number of benzene rings is 2. The number of para-hydroxylation sites is 1. The van der Waals surface area contributed by atoms with Crippen molar-refractivity contribution in [2.75, 3.05) is 19.5 Å². The van der Waals surface area contributed by atoms with Crippen LogP contribution in [-0.2, 0) is 4.74 Å². The molecule has 2 aromatic carbocycles. The Morgan fingerprint density at radius 2 is 1.71 bits per heavy atom. The minimum atomic E-state index is -3.89. The van der Waals surface area contributed by atoms with E-state index in [1.54, 1.807) is 45.0 Å². The highest BCUT2D eigenvalue weighted by Gasteiger charge is 2.46. The van der Waals surface area contributed by atoms with Crippen LogP contribution >= 0.6 is 0 Å². The summed E-state index contributed by atoms with van der Waals surface area (Å²) in [6, 6.07) is 10.7. The van der Waals surface area contributed by atoms with E-state index < -0.39 is 29.9 Å². The molecule has 34 heavy (non-hydrogen) atoms. The largest absolute Gasteiger partial charge is 0.493 e. The summed E-state index contributed by atoms with van der Waals surface area (Å²) >= 11 is 0. The molecule has 0 aromatic heterocycles. The number of carbonyl (C=O) groups excluding carboxylic acids is 1. The predicted octanol–water partition coefficient (Wildman–Crippen LogP) is 6.40. The van der Waals surface area contributed by atoms with Crippen molar-refractivity contribution in [1.82, 2.24) is 0 Å². The molecule has 0 aliphatic heterocycles. The molecule has 2 aromatic rings. The van der Waals surface area contributed by atoms with Gasteiger partial charge in [-0.1, -0.05) is 29.8 Å². The van der Waals surface area contributed by atoms with E-state index in [0.717, 1.165) is 5.56 Å². The van der Waals surface area contributed by atoms with Gasteiger partial charge in [0, 0.05) is 11.1 Å². The third-order valence-electron chi connectivity index (χ3n) is 4.91. The quantitative estimate of drug-likeness (QED) is 0.515. The normalized spacial score (nSPS) is 14.4. The predicted molar refractivity (Wildman–Crippen MR) is 123 cm³/mol. The number of alkyl halides is 3. The van der Waals surface area contributed by atoms with Crippen LogP contribution in [0.25, 0.3) is 0 Å². The third kappa shape index (κ3) is 7.83. The first-order valence-electron chi connectivity index (χ1n) is 10.8. The Bertz CT molecular complexity index is 981. The number of amides is 1. The summed E-state index contributed by atoms with van der Waals surface area (Å²) in [6.07, 6.45) is -4.80. The van der Waals surface area contributed by atoms with Gasteiger partial charge in [-0.15, -0.1) is 0 Å². The van der Waals surface area contributed by atoms with Crippen molar-refractivity contribution in [2.45, 2.75) is 58.4 Å². The SMILES string of the molecule is COc1cccc(C(O)c2cc(C)ccc2NC(=O)OC(C)(C)C)c1OC.FC(F)(F)C1CC1. The maximum absolute atomic E-state index is 12.2. The van der Waals surface area contributed by atoms with Crippen LogP contribution in [0.1, 0.15) is 56.4 Å². The van der Waals surface area contributed by atoms with Crippen LogP contribution in [0.5, 0.6) is 11.5 Å². The lowest BCUT2D eigenvalue weighted by Crippen LogP contribution is -2.27. The van der Waals surface area contributed by atoms with Gasteiger partial charge in [0.2, 0.25) is 0 Å². The van der Waals surface area contributed by atoms with E-state index in [2.05, 4.69) is 5.32 Å². The minimum Gasteiger partial charge on any atom is -0.493 e. The molecule has 2 N–H and O–H groups in total. The van der Waals surface area contributed by atoms with Crippen LogP contribution in [0, 0.1) is 12.8 Å². The Balaban J connectivity index is 0.000000497. The van der Waals surface area contributed by atoms with Crippen molar-refractivity contribution < 1.29 is 37.3 Å². The zero-order chi connectivity index (χ0) is 25.7. The molecule has 3 rings (SSSR count). The summed E-state index contributed by atoms with van der Waals surface area (Å²) in [5.74, 6) is 0.00748. The number of nitrogens with one attached hydrogen (secondary N) is 1. The lowest BCUT2D eigenvalue weighted by molar-refractivity contribution is -0.147. The number of methoxy groups -OCH3 is 2. The average molecular weight is 484 g/mol. The van der Waals surface area contributed by atoms with E-state index in [4.69, 9.17) is 14.2 Å². The number of hydrogen-bond acceptors (Lipinski definition) is 5. The van der Waals surface area contributed by atoms with Gasteiger partial charge in [0.15, 0.2) is 11.5 Å². The summed E-state index contributed by atoms with van der Waals surface area (Å²) in [4.78, 5) is 12.2. The fourth-order valence-corrected chi connectivity index (χ4v) is 3.14. The Labute approximate surface area is 198 Å². The number of aliphatic hydroxyl groups excluding tert-OH is 1. The molecule has 1 aliphatic carbocycles. The molecule has 1 saturated carbocycles. The molecular formula is C25H32F3NO5. The molecule has 1 amide bonds. The second kappa shape index (κ2) is 11.0. The van der Waals surface area contributed by atoms with Crippen LogP contribution in [0.2, 0.25) is 0 Å². The van der Waals surface area contributed by atoms with E-state index in [0.29, 0.717) is 41.2 Å². The number of anilines is 1. The third-order valence-corrected chi connectivity index (χ3v) is 4.91. The first kappa shape index (κ1) is 27.3. The standard InChI is InChI=1S/C21H27NO5.C4H5F3/c1-13-10-11-16(22-20(24)27-21(2,3)4)15(12-13)18(23)14-8-7-9-17(25-5)19(14)26-6;5-4(6,7)3-1-2-3/h7-12,18,23H,1-6H3,(H,22,24);3H,1-2H2. The first-order chi connectivity index (χ1) is 15.8. The average Bonchev–Trinajstić information content (AvgIpc) is 3.58. The number of carbonyl (C=O) groups is 1. The van der Waals surface area contributed by atoms with Gasteiger partial charge in [0.05, 0.1) is 25.8 Å². The smallest absolute Gasteiger partial charge is 0.412 e. The van der Waals surface area contributed by atoms with Gasteiger partial charge in [-0.05, 0) is 52.7 Å². The molecule has 6 nitrogen and oxygen atoms in total. The fourth-order valence-electron chi connectivity index (χ4n) is 3.14. The van der Waals surface area contributed by atoms with Gasteiger partial charge < -0.3 is 19.3 Å². The lowest BCUT2D eigenvalue weighted by Gasteiger charge is -2.23. The molecule has 0 heterocycles. The summed E-state index contributed by atoms with van der Waals surface area (Å²) in [7, 11) is 3.06. The zero-order valence-corrected chi connectivity index (χ0v) is 20.2. The molecule has 1 aliphatic rings. The second-order valence-electron chi connectivity index (χ2n) is 9.02. The van der Waals surface area contributed by atoms with Crippen LogP contribution < -0.4 is 14.8 Å². The van der Waals surface area contributed by atoms with Crippen molar-refractivity contribution in [1.29, 1.82) is 0 Å². The molecule has 0 bridgehead atoms. The second-order valence-corrected chi connectivity index (χ2v) is 9.02. The summed E-state index contributed by atoms with van der Waals surface area (Å²) < 4.78 is 49.8. The topological polar surface area (TPSA) is 77.0 Å². The van der Waals surface area contributed by atoms with Gasteiger partial charge in [-0.2, -0.15) is 13.2 Å². The van der Waals surface area contributed by atoms with Crippen molar-refractivity contribution in [3.8, 4) is 11.5 Å². The maximum Gasteiger partial charge on any atom is 0.412 e. The van der Waals surface area contributed by atoms with Crippen molar-refractivity contribution >= 4 is 11.8 Å². The van der Waals surface area contributed by atoms with Crippen LogP contribution in [-0.4, -0.2) is 37.2 Å². The lowest BCUT2D eigenvalue weighted by atomic mass is 9.97. The number of ether oxygens (including phenoxy) is 3. The van der Waals surface area contributed by atoms with E-state index in [1.807, 2.05) is 19.1 Å². The monoisotopic (exact) mass is 483 g/mol. The number of aryl methyl sites for hydroxylation is 1. The molecule has 1 unspecified atom stereocenters. The zero-order valence-electron chi connectivity index (χ0n) is 20.2. The molecule has 1 fully saturated rings. The molecule has 9 heteroatoms. The van der Waals surface area contributed by atoms with E-state index in [9.17, 15) is 23.1 Å². The summed E-state index contributed by atoms with van der Waals surface area (Å²) in [5.41, 5.74) is 1.86. The number of hydrogen-bond donors (Lipinski definition) is 2. The Kier molecular flexibility index (Phi) is 8.83. The Hall–Kier alpha value is -2.94. The summed E-state index contributed by atoms with van der Waals surface area (Å²) in [6.45, 7) is 7.28. The highest BCUT2D eigenvalue weighted by atomic mass is 19.4. The Morgan fingerprint density at radius 3 is 2.18 bits per heavy atom. The highest BCUT2D eigenvalue weighted by Crippen LogP contribution is 2.44.